The fourth-order valence-electron chi connectivity index (χ4n) is 5.77. The summed E-state index contributed by atoms with van der Waals surface area (Å²) in [6.07, 6.45) is 23.4. The van der Waals surface area contributed by atoms with Gasteiger partial charge in [-0.05, 0) is 92.2 Å². The van der Waals surface area contributed by atoms with Gasteiger partial charge in [0.15, 0.2) is 0 Å². The zero-order valence-corrected chi connectivity index (χ0v) is 19.1. The zero-order valence-electron chi connectivity index (χ0n) is 19.1. The van der Waals surface area contributed by atoms with E-state index in [1.165, 1.54) is 57.8 Å². The zero-order chi connectivity index (χ0) is 22.2. The largest absolute Gasteiger partial charge is 0.478 e. The monoisotopic (exact) mass is 428 g/mol. The number of hydrogen-bond acceptors (Lipinski definition) is 1. The Morgan fingerprint density at radius 3 is 2.34 bits per heavy atom. The molecule has 2 nitrogen and oxygen atoms in total. The van der Waals surface area contributed by atoms with Gasteiger partial charge in [-0.2, -0.15) is 0 Å². The van der Waals surface area contributed by atoms with Crippen molar-refractivity contribution in [3.63, 3.8) is 0 Å². The normalized spacial score (nSPS) is 22.3. The van der Waals surface area contributed by atoms with E-state index < -0.39 is 5.97 Å². The molecule has 2 aliphatic carbocycles. The molecule has 2 aromatic carbocycles. The van der Waals surface area contributed by atoms with Crippen LogP contribution in [0.1, 0.15) is 86.6 Å². The number of benzene rings is 2. The third-order valence-corrected chi connectivity index (χ3v) is 7.54. The van der Waals surface area contributed by atoms with Crippen molar-refractivity contribution in [3.8, 4) is 11.1 Å². The summed E-state index contributed by atoms with van der Waals surface area (Å²) in [5.41, 5.74) is 3.56. The van der Waals surface area contributed by atoms with E-state index in [-0.39, 0.29) is 0 Å². The van der Waals surface area contributed by atoms with Gasteiger partial charge in [0, 0.05) is 0 Å². The number of carbonyl (C=O) groups is 1. The molecule has 0 spiro atoms. The van der Waals surface area contributed by atoms with Crippen molar-refractivity contribution < 1.29 is 9.90 Å². The van der Waals surface area contributed by atoms with Crippen molar-refractivity contribution in [3.05, 3.63) is 77.9 Å². The summed E-state index contributed by atoms with van der Waals surface area (Å²) in [4.78, 5) is 12.0. The molecule has 0 unspecified atom stereocenters. The first-order chi connectivity index (χ1) is 15.7. The van der Waals surface area contributed by atoms with Crippen LogP contribution in [0.3, 0.4) is 0 Å². The number of fused-ring (bicyclic) bond motifs is 2. The van der Waals surface area contributed by atoms with Gasteiger partial charge in [-0.25, -0.2) is 4.79 Å². The molecule has 2 aromatic rings. The molecular formula is C30H36O2. The fourth-order valence-corrected chi connectivity index (χ4v) is 5.77. The molecule has 2 fully saturated rings. The van der Waals surface area contributed by atoms with Crippen molar-refractivity contribution in [1.82, 2.24) is 0 Å². The number of carboxylic acid groups (broad SMARTS) is 1. The van der Waals surface area contributed by atoms with Crippen molar-refractivity contribution in [2.45, 2.75) is 70.6 Å². The molecular weight excluding hydrogens is 392 g/mol. The molecule has 2 bridgehead atoms. The minimum atomic E-state index is -0.874. The molecule has 0 saturated heterocycles. The second-order valence-electron chi connectivity index (χ2n) is 9.80. The molecule has 2 heteroatoms. The standard InChI is InChI=1S/C30H36O2/c31-29(32)28-26(16-12-17-27(28)25-13-9-7-10-14-25)15-8-5-3-1-2-4-6-11-20-30-21-18-24(23-30)19-22-30/h6-17,24H,1-5,18-23H2,(H,31,32)/b11-6?,15-8+. The molecule has 168 valence electrons. The van der Waals surface area contributed by atoms with E-state index in [2.05, 4.69) is 18.2 Å². The summed E-state index contributed by atoms with van der Waals surface area (Å²) in [7, 11) is 0. The molecule has 0 aromatic heterocycles. The van der Waals surface area contributed by atoms with Crippen molar-refractivity contribution >= 4 is 12.0 Å². The summed E-state index contributed by atoms with van der Waals surface area (Å²) in [6, 6.07) is 15.5. The Bertz CT molecular complexity index is 946. The minimum absolute atomic E-state index is 0.385. The van der Waals surface area contributed by atoms with Crippen LogP contribution in [-0.2, 0) is 0 Å². The number of rotatable bonds is 11. The van der Waals surface area contributed by atoms with Crippen LogP contribution in [0.5, 0.6) is 0 Å². The predicted molar refractivity (Wildman–Crippen MR) is 134 cm³/mol. The topological polar surface area (TPSA) is 37.3 Å². The lowest BCUT2D eigenvalue weighted by Gasteiger charge is -2.24. The third kappa shape index (κ3) is 5.59. The van der Waals surface area contributed by atoms with Gasteiger partial charge in [-0.15, -0.1) is 0 Å². The van der Waals surface area contributed by atoms with Gasteiger partial charge in [0.2, 0.25) is 0 Å². The molecule has 2 aliphatic rings. The highest BCUT2D eigenvalue weighted by atomic mass is 16.4. The van der Waals surface area contributed by atoms with Crippen LogP contribution in [0.2, 0.25) is 0 Å². The van der Waals surface area contributed by atoms with E-state index in [1.807, 2.05) is 54.6 Å². The van der Waals surface area contributed by atoms with Gasteiger partial charge in [-0.3, -0.25) is 0 Å². The number of allylic oxidation sites excluding steroid dienone is 3. The van der Waals surface area contributed by atoms with E-state index in [1.54, 1.807) is 0 Å². The predicted octanol–water partition coefficient (Wildman–Crippen LogP) is 8.54. The van der Waals surface area contributed by atoms with Crippen LogP contribution in [0.4, 0.5) is 0 Å². The average molecular weight is 429 g/mol. The molecule has 0 aliphatic heterocycles. The highest BCUT2D eigenvalue weighted by Gasteiger charge is 2.43. The molecule has 0 amide bonds. The summed E-state index contributed by atoms with van der Waals surface area (Å²) in [5, 5.41) is 9.81. The number of unbranched alkanes of at least 4 members (excludes halogenated alkanes) is 4. The quantitative estimate of drug-likeness (QED) is 0.287. The lowest BCUT2D eigenvalue weighted by Crippen LogP contribution is -2.12. The average Bonchev–Trinajstić information content (AvgIpc) is 3.42. The van der Waals surface area contributed by atoms with Gasteiger partial charge in [0.1, 0.15) is 0 Å². The van der Waals surface area contributed by atoms with Crippen LogP contribution in [0.25, 0.3) is 17.2 Å². The van der Waals surface area contributed by atoms with Crippen LogP contribution in [0.15, 0.2) is 66.8 Å². The Kier molecular flexibility index (Phi) is 7.63. The van der Waals surface area contributed by atoms with Gasteiger partial charge >= 0.3 is 5.97 Å². The Morgan fingerprint density at radius 1 is 0.906 bits per heavy atom. The van der Waals surface area contributed by atoms with Crippen LogP contribution < -0.4 is 0 Å². The van der Waals surface area contributed by atoms with Crippen molar-refractivity contribution in [1.29, 1.82) is 0 Å². The maximum absolute atomic E-state index is 12.0. The van der Waals surface area contributed by atoms with E-state index in [9.17, 15) is 9.90 Å². The van der Waals surface area contributed by atoms with Gasteiger partial charge in [-0.1, -0.05) is 79.3 Å². The number of hydrogen-bond donors (Lipinski definition) is 1. The first-order valence-electron chi connectivity index (χ1n) is 12.4. The first-order valence-corrected chi connectivity index (χ1v) is 12.4. The van der Waals surface area contributed by atoms with Gasteiger partial charge in [0.25, 0.3) is 0 Å². The third-order valence-electron chi connectivity index (χ3n) is 7.54. The molecule has 0 atom stereocenters. The Morgan fingerprint density at radius 2 is 1.66 bits per heavy atom. The van der Waals surface area contributed by atoms with E-state index in [4.69, 9.17) is 0 Å². The minimum Gasteiger partial charge on any atom is -0.478 e. The molecule has 0 radical (unpaired) electrons. The molecule has 0 heterocycles. The molecule has 1 N–H and O–H groups in total. The van der Waals surface area contributed by atoms with Crippen LogP contribution in [-0.4, -0.2) is 11.1 Å². The highest BCUT2D eigenvalue weighted by Crippen LogP contribution is 2.56. The molecule has 4 rings (SSSR count). The van der Waals surface area contributed by atoms with E-state index >= 15 is 0 Å². The lowest BCUT2D eigenvalue weighted by molar-refractivity contribution is 0.0697. The second-order valence-corrected chi connectivity index (χ2v) is 9.80. The van der Waals surface area contributed by atoms with Gasteiger partial charge < -0.3 is 5.11 Å². The Labute approximate surface area is 193 Å². The molecule has 2 saturated carbocycles. The van der Waals surface area contributed by atoms with E-state index in [0.29, 0.717) is 11.0 Å². The van der Waals surface area contributed by atoms with Crippen LogP contribution in [0, 0.1) is 11.3 Å². The maximum atomic E-state index is 12.0. The van der Waals surface area contributed by atoms with Gasteiger partial charge in [0.05, 0.1) is 5.56 Å². The lowest BCUT2D eigenvalue weighted by atomic mass is 9.81. The fraction of sp³-hybridized carbons (Fsp3) is 0.433. The van der Waals surface area contributed by atoms with E-state index in [0.717, 1.165) is 35.4 Å². The SMILES string of the molecule is O=C(O)c1c(/C=C/CCCCCC=CCC23CCC(CC2)C3)cccc1-c1ccccc1. The summed E-state index contributed by atoms with van der Waals surface area (Å²) in [5.74, 6) is 0.171. The Balaban J connectivity index is 1.21. The van der Waals surface area contributed by atoms with Crippen molar-refractivity contribution in [2.24, 2.45) is 11.3 Å². The smallest absolute Gasteiger partial charge is 0.336 e. The maximum Gasteiger partial charge on any atom is 0.336 e. The second kappa shape index (κ2) is 10.8. The number of carboxylic acids is 1. The first kappa shape index (κ1) is 22.6. The summed E-state index contributed by atoms with van der Waals surface area (Å²) in [6.45, 7) is 0. The summed E-state index contributed by atoms with van der Waals surface area (Å²) >= 11 is 0. The van der Waals surface area contributed by atoms with Crippen molar-refractivity contribution in [2.75, 3.05) is 0 Å². The number of aromatic carboxylic acids is 1. The van der Waals surface area contributed by atoms with Crippen LogP contribution >= 0.6 is 0 Å². The molecule has 32 heavy (non-hydrogen) atoms. The summed E-state index contributed by atoms with van der Waals surface area (Å²) < 4.78 is 0. The highest BCUT2D eigenvalue weighted by molar-refractivity contribution is 5.99. The Hall–Kier alpha value is -2.61.